The van der Waals surface area contributed by atoms with Gasteiger partial charge in [-0.15, -0.1) is 0 Å². The predicted molar refractivity (Wildman–Crippen MR) is 53.6 cm³/mol. The molecule has 0 saturated carbocycles. The van der Waals surface area contributed by atoms with Gasteiger partial charge in [-0.2, -0.15) is 0 Å². The third kappa shape index (κ3) is 1.78. The van der Waals surface area contributed by atoms with Crippen LogP contribution in [0.1, 0.15) is 13.3 Å². The summed E-state index contributed by atoms with van der Waals surface area (Å²) in [5, 5.41) is 0. The number of hydrogen-bond acceptors (Lipinski definition) is 2. The van der Waals surface area contributed by atoms with E-state index < -0.39 is 0 Å². The molecule has 0 radical (unpaired) electrons. The normalized spacial score (nSPS) is 16.9. The molecule has 2 nitrogen and oxygen atoms in total. The molecule has 0 unspecified atom stereocenters. The van der Waals surface area contributed by atoms with Gasteiger partial charge in [-0.05, 0) is 32.9 Å². The Morgan fingerprint density at radius 3 is 2.42 bits per heavy atom. The van der Waals surface area contributed by atoms with E-state index in [4.69, 9.17) is 0 Å². The predicted octanol–water partition coefficient (Wildman–Crippen LogP) is 2.51. The van der Waals surface area contributed by atoms with Crippen molar-refractivity contribution in [1.82, 2.24) is 0 Å². The van der Waals surface area contributed by atoms with Crippen molar-refractivity contribution < 1.29 is 0 Å². The third-order valence-electron chi connectivity index (χ3n) is 1.75. The lowest BCUT2D eigenvalue weighted by Crippen LogP contribution is -1.80. The average Bonchev–Trinajstić information content (AvgIpc) is 2.27. The minimum atomic E-state index is 0.793. The molecule has 0 aromatic rings. The monoisotopic (exact) mass is 160 g/mol. The molecule has 0 bridgehead atoms. The van der Waals surface area contributed by atoms with Gasteiger partial charge < -0.3 is 0 Å². The first-order valence-corrected chi connectivity index (χ1v) is 3.79. The summed E-state index contributed by atoms with van der Waals surface area (Å²) < 4.78 is 0. The number of hydrogen-bond donors (Lipinski definition) is 0. The summed E-state index contributed by atoms with van der Waals surface area (Å²) in [6.07, 6.45) is 6.85. The second-order valence-corrected chi connectivity index (χ2v) is 2.67. The Balaban J connectivity index is 3.05. The van der Waals surface area contributed by atoms with Crippen molar-refractivity contribution in [2.24, 2.45) is 9.98 Å². The summed E-state index contributed by atoms with van der Waals surface area (Å²) >= 11 is 0. The molecule has 0 fully saturated rings. The van der Waals surface area contributed by atoms with E-state index in [1.807, 2.05) is 18.2 Å². The summed E-state index contributed by atoms with van der Waals surface area (Å²) in [5.41, 5.74) is 2.90. The zero-order chi connectivity index (χ0) is 8.97. The molecule has 0 spiro atoms. The van der Waals surface area contributed by atoms with Crippen LogP contribution in [0.25, 0.3) is 0 Å². The van der Waals surface area contributed by atoms with Crippen LogP contribution in [0, 0.1) is 0 Å². The van der Waals surface area contributed by atoms with Crippen LogP contribution < -0.4 is 0 Å². The molecule has 1 aliphatic rings. The fourth-order valence-corrected chi connectivity index (χ4v) is 1.02. The lowest BCUT2D eigenvalue weighted by molar-refractivity contribution is 1.18. The zero-order valence-corrected chi connectivity index (χ0v) is 7.25. The van der Waals surface area contributed by atoms with E-state index in [2.05, 4.69) is 30.3 Å². The van der Waals surface area contributed by atoms with Crippen LogP contribution in [0.2, 0.25) is 0 Å². The Bertz CT molecular complexity index is 293. The van der Waals surface area contributed by atoms with Crippen molar-refractivity contribution in [3.05, 3.63) is 35.2 Å². The van der Waals surface area contributed by atoms with E-state index in [1.165, 1.54) is 5.57 Å². The smallest absolute Gasteiger partial charge is 0.0875 e. The first kappa shape index (κ1) is 8.65. The highest BCUT2D eigenvalue weighted by Crippen LogP contribution is 2.18. The number of aliphatic imine (C=N–C) groups is 2. The highest BCUT2D eigenvalue weighted by Gasteiger charge is 2.02. The Morgan fingerprint density at radius 1 is 1.17 bits per heavy atom. The van der Waals surface area contributed by atoms with Crippen LogP contribution in [-0.2, 0) is 0 Å². The van der Waals surface area contributed by atoms with E-state index in [0.717, 1.165) is 17.8 Å². The highest BCUT2D eigenvalue weighted by molar-refractivity contribution is 5.45. The molecule has 0 atom stereocenters. The molecule has 62 valence electrons. The van der Waals surface area contributed by atoms with Gasteiger partial charge in [0.25, 0.3) is 0 Å². The van der Waals surface area contributed by atoms with Gasteiger partial charge in [0.05, 0.1) is 11.4 Å². The summed E-state index contributed by atoms with van der Waals surface area (Å²) in [6, 6.07) is 0. The lowest BCUT2D eigenvalue weighted by atomic mass is 10.2. The molecule has 0 aromatic heterocycles. The molecule has 1 rings (SSSR count). The molecule has 0 saturated heterocycles. The fourth-order valence-electron chi connectivity index (χ4n) is 1.02. The van der Waals surface area contributed by atoms with Crippen molar-refractivity contribution in [2.75, 3.05) is 0 Å². The maximum Gasteiger partial charge on any atom is 0.0875 e. The van der Waals surface area contributed by atoms with Gasteiger partial charge >= 0.3 is 0 Å². The first-order valence-electron chi connectivity index (χ1n) is 3.79. The number of allylic oxidation sites excluding steroid dienone is 4. The minimum absolute atomic E-state index is 0.793. The molecule has 0 amide bonds. The van der Waals surface area contributed by atoms with Gasteiger partial charge in [0.1, 0.15) is 0 Å². The molecular formula is C10H12N2. The standard InChI is InChI=1S/C10H12N2/c1-8-4-6-9(11-2)10(12-3)7-5-8/h4,6-7H,2-3,5H2,1H3. The van der Waals surface area contributed by atoms with Crippen LogP contribution in [0.3, 0.4) is 0 Å². The summed E-state index contributed by atoms with van der Waals surface area (Å²) in [5.74, 6) is 0. The minimum Gasteiger partial charge on any atom is -0.263 e. The average molecular weight is 160 g/mol. The first-order chi connectivity index (χ1) is 5.77. The van der Waals surface area contributed by atoms with E-state index in [-0.39, 0.29) is 0 Å². The summed E-state index contributed by atoms with van der Waals surface area (Å²) in [4.78, 5) is 7.73. The van der Waals surface area contributed by atoms with E-state index in [9.17, 15) is 0 Å². The number of nitrogens with zero attached hydrogens (tertiary/aromatic N) is 2. The second kappa shape index (κ2) is 3.81. The van der Waals surface area contributed by atoms with Crippen LogP contribution >= 0.6 is 0 Å². The van der Waals surface area contributed by atoms with E-state index in [1.54, 1.807) is 0 Å². The zero-order valence-electron chi connectivity index (χ0n) is 7.25. The van der Waals surface area contributed by atoms with Crippen LogP contribution in [0.15, 0.2) is 45.2 Å². The quantitative estimate of drug-likeness (QED) is 0.554. The molecule has 2 heteroatoms. The molecule has 0 N–H and O–H groups in total. The van der Waals surface area contributed by atoms with Crippen molar-refractivity contribution in [3.8, 4) is 0 Å². The summed E-state index contributed by atoms with van der Waals surface area (Å²) in [6.45, 7) is 9.02. The molecule has 1 aliphatic carbocycles. The Kier molecular flexibility index (Phi) is 2.75. The van der Waals surface area contributed by atoms with E-state index in [0.29, 0.717) is 0 Å². The van der Waals surface area contributed by atoms with Crippen molar-refractivity contribution in [2.45, 2.75) is 13.3 Å². The van der Waals surface area contributed by atoms with Crippen LogP contribution in [-0.4, -0.2) is 13.4 Å². The van der Waals surface area contributed by atoms with Crippen molar-refractivity contribution >= 4 is 13.4 Å². The fraction of sp³-hybridized carbons (Fsp3) is 0.200. The third-order valence-corrected chi connectivity index (χ3v) is 1.75. The Morgan fingerprint density at radius 2 is 1.83 bits per heavy atom. The van der Waals surface area contributed by atoms with Crippen molar-refractivity contribution in [1.29, 1.82) is 0 Å². The van der Waals surface area contributed by atoms with Crippen molar-refractivity contribution in [3.63, 3.8) is 0 Å². The molecule has 0 aliphatic heterocycles. The van der Waals surface area contributed by atoms with E-state index >= 15 is 0 Å². The molecule has 0 aromatic carbocycles. The van der Waals surface area contributed by atoms with Crippen LogP contribution in [0.5, 0.6) is 0 Å². The molecule has 0 heterocycles. The lowest BCUT2D eigenvalue weighted by Gasteiger charge is -1.97. The maximum absolute atomic E-state index is 3.87. The summed E-state index contributed by atoms with van der Waals surface area (Å²) in [7, 11) is 0. The highest BCUT2D eigenvalue weighted by atomic mass is 14.8. The van der Waals surface area contributed by atoms with Gasteiger partial charge in [0, 0.05) is 0 Å². The SMILES string of the molecule is C=NC1=CC=C(C)CC=C1N=C. The second-order valence-electron chi connectivity index (χ2n) is 2.67. The van der Waals surface area contributed by atoms with Gasteiger partial charge in [0.2, 0.25) is 0 Å². The maximum atomic E-state index is 3.87. The molecular weight excluding hydrogens is 148 g/mol. The Labute approximate surface area is 72.7 Å². The number of rotatable bonds is 2. The molecule has 12 heavy (non-hydrogen) atoms. The topological polar surface area (TPSA) is 24.7 Å². The Hall–Kier alpha value is -1.44. The largest absolute Gasteiger partial charge is 0.263 e. The van der Waals surface area contributed by atoms with Gasteiger partial charge in [-0.25, -0.2) is 0 Å². The van der Waals surface area contributed by atoms with Gasteiger partial charge in [-0.3, -0.25) is 9.98 Å². The van der Waals surface area contributed by atoms with Gasteiger partial charge in [-0.1, -0.05) is 17.7 Å². The van der Waals surface area contributed by atoms with Gasteiger partial charge in [0.15, 0.2) is 0 Å². The van der Waals surface area contributed by atoms with Crippen LogP contribution in [0.4, 0.5) is 0 Å².